The number of hydrogen-bond acceptors (Lipinski definition) is 2. The lowest BCUT2D eigenvalue weighted by Gasteiger charge is -2.35. The Morgan fingerprint density at radius 1 is 0.909 bits per heavy atom. The minimum atomic E-state index is -0.324. The molecule has 0 atom stereocenters. The lowest BCUT2D eigenvalue weighted by molar-refractivity contribution is -0.142. The number of rotatable bonds is 2. The normalized spacial score (nSPS) is 22.2. The van der Waals surface area contributed by atoms with E-state index in [0.717, 1.165) is 38.8 Å². The molecule has 2 rings (SSSR count). The van der Waals surface area contributed by atoms with E-state index < -0.39 is 0 Å². The van der Waals surface area contributed by atoms with Gasteiger partial charge in [0.05, 0.1) is 0 Å². The molecule has 2 fully saturated rings. The van der Waals surface area contributed by atoms with Crippen LogP contribution in [-0.2, 0) is 9.59 Å². The largest absolute Gasteiger partial charge is 0.353 e. The maximum atomic E-state index is 12.4. The Kier molecular flexibility index (Phi) is 5.87. The molecule has 1 aliphatic carbocycles. The molecule has 0 bridgehead atoms. The molecule has 0 unspecified atom stereocenters. The minimum absolute atomic E-state index is 0.0901. The third-order valence-corrected chi connectivity index (χ3v) is 5.00. The summed E-state index contributed by atoms with van der Waals surface area (Å²) in [6.45, 7) is 7.32. The fourth-order valence-electron chi connectivity index (χ4n) is 3.56. The van der Waals surface area contributed by atoms with Gasteiger partial charge in [-0.25, -0.2) is 0 Å². The van der Waals surface area contributed by atoms with E-state index in [1.165, 1.54) is 25.7 Å². The number of likely N-dealkylation sites (tertiary alicyclic amines) is 1. The second-order valence-corrected chi connectivity index (χ2v) is 8.01. The predicted octanol–water partition coefficient (Wildman–Crippen LogP) is 3.11. The summed E-state index contributed by atoms with van der Waals surface area (Å²) in [6.07, 6.45) is 8.97. The Bertz CT molecular complexity index is 384. The Morgan fingerprint density at radius 2 is 1.45 bits per heavy atom. The van der Waals surface area contributed by atoms with E-state index in [1.807, 2.05) is 25.7 Å². The quantitative estimate of drug-likeness (QED) is 0.797. The fourth-order valence-corrected chi connectivity index (χ4v) is 3.56. The lowest BCUT2D eigenvalue weighted by atomic mass is 9.90. The number of amides is 2. The van der Waals surface area contributed by atoms with E-state index in [-0.39, 0.29) is 23.1 Å². The van der Waals surface area contributed by atoms with Gasteiger partial charge in [-0.05, 0) is 25.7 Å². The second kappa shape index (κ2) is 7.47. The van der Waals surface area contributed by atoms with Crippen LogP contribution in [0.5, 0.6) is 0 Å². The zero-order valence-corrected chi connectivity index (χ0v) is 14.5. The number of piperidine rings is 1. The first-order valence-corrected chi connectivity index (χ1v) is 8.97. The summed E-state index contributed by atoms with van der Waals surface area (Å²) in [5.74, 6) is 0.511. The minimum Gasteiger partial charge on any atom is -0.353 e. The predicted molar refractivity (Wildman–Crippen MR) is 88.4 cm³/mol. The monoisotopic (exact) mass is 308 g/mol. The van der Waals surface area contributed by atoms with Crippen molar-refractivity contribution >= 4 is 11.8 Å². The Morgan fingerprint density at radius 3 is 1.95 bits per heavy atom. The molecular weight excluding hydrogens is 276 g/mol. The van der Waals surface area contributed by atoms with E-state index in [1.54, 1.807) is 0 Å². The van der Waals surface area contributed by atoms with Gasteiger partial charge in [-0.3, -0.25) is 9.59 Å². The van der Waals surface area contributed by atoms with Gasteiger partial charge in [0, 0.05) is 30.5 Å². The first-order valence-electron chi connectivity index (χ1n) is 8.97. The van der Waals surface area contributed by atoms with Gasteiger partial charge in [-0.1, -0.05) is 46.5 Å². The molecule has 1 heterocycles. The molecular formula is C18H32N2O2. The molecule has 2 amide bonds. The molecule has 1 saturated carbocycles. The van der Waals surface area contributed by atoms with Gasteiger partial charge in [0.1, 0.15) is 0 Å². The van der Waals surface area contributed by atoms with Crippen LogP contribution in [0.2, 0.25) is 0 Å². The summed E-state index contributed by atoms with van der Waals surface area (Å²) >= 11 is 0. The summed E-state index contributed by atoms with van der Waals surface area (Å²) in [5.41, 5.74) is -0.324. The Labute approximate surface area is 135 Å². The summed E-state index contributed by atoms with van der Waals surface area (Å²) < 4.78 is 0. The van der Waals surface area contributed by atoms with Gasteiger partial charge >= 0.3 is 0 Å². The van der Waals surface area contributed by atoms with Crippen molar-refractivity contribution in [3.05, 3.63) is 0 Å². The highest BCUT2D eigenvalue weighted by molar-refractivity contribution is 5.82. The highest BCUT2D eigenvalue weighted by Gasteiger charge is 2.32. The molecule has 126 valence electrons. The summed E-state index contributed by atoms with van der Waals surface area (Å²) in [4.78, 5) is 26.6. The highest BCUT2D eigenvalue weighted by atomic mass is 16.2. The van der Waals surface area contributed by atoms with Crippen LogP contribution >= 0.6 is 0 Å². The van der Waals surface area contributed by atoms with Gasteiger partial charge in [-0.15, -0.1) is 0 Å². The van der Waals surface area contributed by atoms with Crippen LogP contribution in [0.3, 0.4) is 0 Å². The van der Waals surface area contributed by atoms with Crippen LogP contribution in [0, 0.1) is 11.3 Å². The smallest absolute Gasteiger partial charge is 0.227 e. The molecule has 1 N–H and O–H groups in total. The van der Waals surface area contributed by atoms with Crippen LogP contribution in [0.4, 0.5) is 0 Å². The Hall–Kier alpha value is -1.06. The van der Waals surface area contributed by atoms with Gasteiger partial charge in [-0.2, -0.15) is 0 Å². The third kappa shape index (κ3) is 4.72. The van der Waals surface area contributed by atoms with Gasteiger partial charge in [0.2, 0.25) is 11.8 Å². The van der Waals surface area contributed by atoms with Crippen molar-refractivity contribution in [3.63, 3.8) is 0 Å². The van der Waals surface area contributed by atoms with E-state index in [2.05, 4.69) is 5.32 Å². The topological polar surface area (TPSA) is 49.4 Å². The molecule has 4 nitrogen and oxygen atoms in total. The molecule has 2 aliphatic rings. The van der Waals surface area contributed by atoms with E-state index in [0.29, 0.717) is 6.04 Å². The number of nitrogens with one attached hydrogen (secondary N) is 1. The van der Waals surface area contributed by atoms with Crippen molar-refractivity contribution in [2.24, 2.45) is 11.3 Å². The van der Waals surface area contributed by atoms with Crippen molar-refractivity contribution in [2.45, 2.75) is 78.2 Å². The molecule has 1 saturated heterocycles. The van der Waals surface area contributed by atoms with E-state index in [4.69, 9.17) is 0 Å². The van der Waals surface area contributed by atoms with Crippen LogP contribution in [0.15, 0.2) is 0 Å². The first kappa shape index (κ1) is 17.3. The molecule has 0 radical (unpaired) electrons. The first-order chi connectivity index (χ1) is 10.4. The number of carbonyl (C=O) groups is 2. The molecule has 0 aromatic rings. The molecule has 0 aromatic heterocycles. The second-order valence-electron chi connectivity index (χ2n) is 8.01. The molecule has 22 heavy (non-hydrogen) atoms. The van der Waals surface area contributed by atoms with Gasteiger partial charge < -0.3 is 10.2 Å². The summed E-state index contributed by atoms with van der Waals surface area (Å²) in [7, 11) is 0. The van der Waals surface area contributed by atoms with Crippen LogP contribution < -0.4 is 5.32 Å². The number of carbonyl (C=O) groups excluding carboxylic acids is 2. The lowest BCUT2D eigenvalue weighted by Crippen LogP contribution is -2.47. The van der Waals surface area contributed by atoms with Gasteiger partial charge in [0.25, 0.3) is 0 Å². The van der Waals surface area contributed by atoms with Crippen LogP contribution in [-0.4, -0.2) is 35.8 Å². The maximum absolute atomic E-state index is 12.4. The summed E-state index contributed by atoms with van der Waals surface area (Å²) in [6, 6.07) is 0.379. The average Bonchev–Trinajstić information content (AvgIpc) is 2.74. The third-order valence-electron chi connectivity index (χ3n) is 5.00. The van der Waals surface area contributed by atoms with Crippen molar-refractivity contribution in [2.75, 3.05) is 13.1 Å². The zero-order chi connectivity index (χ0) is 16.2. The number of nitrogens with zero attached hydrogens (tertiary/aromatic N) is 1. The Balaban J connectivity index is 1.78. The molecule has 1 aliphatic heterocycles. The van der Waals surface area contributed by atoms with Crippen molar-refractivity contribution in [1.82, 2.24) is 10.2 Å². The van der Waals surface area contributed by atoms with E-state index >= 15 is 0 Å². The standard InChI is InChI=1S/C18H32N2O2/c1-18(2,3)17(22)20-12-10-14(11-13-20)16(21)19-15-8-6-4-5-7-9-15/h14-15H,4-13H2,1-3H3,(H,19,21). The maximum Gasteiger partial charge on any atom is 0.227 e. The number of hydrogen-bond donors (Lipinski definition) is 1. The van der Waals surface area contributed by atoms with E-state index in [9.17, 15) is 9.59 Å². The van der Waals surface area contributed by atoms with Gasteiger partial charge in [0.15, 0.2) is 0 Å². The summed E-state index contributed by atoms with van der Waals surface area (Å²) in [5, 5.41) is 3.26. The average molecular weight is 308 g/mol. The fraction of sp³-hybridized carbons (Fsp3) is 0.889. The van der Waals surface area contributed by atoms with Crippen molar-refractivity contribution in [3.8, 4) is 0 Å². The molecule has 0 aromatic carbocycles. The molecule has 0 spiro atoms. The highest BCUT2D eigenvalue weighted by Crippen LogP contribution is 2.24. The SMILES string of the molecule is CC(C)(C)C(=O)N1CCC(C(=O)NC2CCCCCC2)CC1. The van der Waals surface area contributed by atoms with Crippen LogP contribution in [0.25, 0.3) is 0 Å². The van der Waals surface area contributed by atoms with Crippen molar-refractivity contribution < 1.29 is 9.59 Å². The van der Waals surface area contributed by atoms with Crippen molar-refractivity contribution in [1.29, 1.82) is 0 Å². The zero-order valence-electron chi connectivity index (χ0n) is 14.5. The van der Waals surface area contributed by atoms with Crippen LogP contribution in [0.1, 0.15) is 72.1 Å². The molecule has 4 heteroatoms.